The van der Waals surface area contributed by atoms with Crippen LogP contribution in [0.25, 0.3) is 32.8 Å². The van der Waals surface area contributed by atoms with Gasteiger partial charge >= 0.3 is 0 Å². The summed E-state index contributed by atoms with van der Waals surface area (Å²) in [5.41, 5.74) is 2.22. The van der Waals surface area contributed by atoms with Crippen LogP contribution < -0.4 is 5.32 Å². The van der Waals surface area contributed by atoms with Gasteiger partial charge in [0.05, 0.1) is 19.8 Å². The van der Waals surface area contributed by atoms with E-state index < -0.39 is 0 Å². The van der Waals surface area contributed by atoms with E-state index in [1.165, 1.54) is 27.1 Å². The third kappa shape index (κ3) is 2.65. The van der Waals surface area contributed by atoms with Gasteiger partial charge < -0.3 is 0 Å². The van der Waals surface area contributed by atoms with Gasteiger partial charge in [0.1, 0.15) is 0 Å². The number of hydrogen-bond donors (Lipinski definition) is 1. The monoisotopic (exact) mass is 332 g/mol. The minimum atomic E-state index is 0.899. The summed E-state index contributed by atoms with van der Waals surface area (Å²) in [7, 11) is 3.97. The molecule has 24 heavy (non-hydrogen) atoms. The van der Waals surface area contributed by atoms with E-state index in [0.717, 1.165) is 10.8 Å². The van der Waals surface area contributed by atoms with E-state index in [9.17, 15) is 0 Å². The van der Waals surface area contributed by atoms with E-state index in [4.69, 9.17) is 4.98 Å². The Hall–Kier alpha value is -2.72. The maximum absolute atomic E-state index is 4.80. The minimum Gasteiger partial charge on any atom is -0.273 e. The van der Waals surface area contributed by atoms with Gasteiger partial charge in [0, 0.05) is 10.9 Å². The van der Waals surface area contributed by atoms with Crippen molar-refractivity contribution in [3.63, 3.8) is 0 Å². The summed E-state index contributed by atoms with van der Waals surface area (Å²) >= 11 is 1.62. The molecule has 3 aromatic carbocycles. The molecule has 4 heteroatoms. The summed E-state index contributed by atoms with van der Waals surface area (Å²) in [4.78, 5) is 4.80. The maximum atomic E-state index is 4.80. The average Bonchev–Trinajstić information content (AvgIpc) is 3.06. The molecule has 0 fully saturated rings. The normalized spacial score (nSPS) is 10.9. The molecule has 3 nitrogen and oxygen atoms in total. The van der Waals surface area contributed by atoms with Gasteiger partial charge in [0.15, 0.2) is 0 Å². The topological polar surface area (TPSA) is 27.9 Å². The molecule has 118 valence electrons. The van der Waals surface area contributed by atoms with Crippen LogP contribution in [0.3, 0.4) is 0 Å². The Morgan fingerprint density at radius 2 is 1.58 bits per heavy atom. The molecule has 0 saturated heterocycles. The van der Waals surface area contributed by atoms with Crippen molar-refractivity contribution in [3.05, 3.63) is 60.0 Å². The summed E-state index contributed by atoms with van der Waals surface area (Å²) in [6, 6.07) is 19.3. The molecule has 0 spiro atoms. The lowest BCUT2D eigenvalue weighted by Crippen LogP contribution is -2.06. The number of rotatable bonds is 3. The molecule has 4 rings (SSSR count). The van der Waals surface area contributed by atoms with Crippen LogP contribution >= 0.6 is 11.3 Å². The van der Waals surface area contributed by atoms with E-state index in [1.807, 2.05) is 25.0 Å². The molecule has 0 aliphatic heterocycles. The number of nitrogens with one attached hydrogen (secondary N) is 1. The lowest BCUT2D eigenvalue weighted by molar-refractivity contribution is -0.459. The molecule has 0 bridgehead atoms. The Morgan fingerprint density at radius 3 is 2.21 bits per heavy atom. The molecule has 0 atom stereocenters. The minimum absolute atomic E-state index is 0.899. The van der Waals surface area contributed by atoms with E-state index in [1.54, 1.807) is 11.3 Å². The standard InChI is InChI=1S/C20H17N3S/c1-23(2)13-21-20-22-18(12-24-20)19-16-9-5-3-7-14(16)11-15-8-4-6-10-17(15)19/h3-13H,1-2H3/p+1. The van der Waals surface area contributed by atoms with E-state index in [0.29, 0.717) is 0 Å². The van der Waals surface area contributed by atoms with Crippen LogP contribution in [0.4, 0.5) is 5.13 Å². The van der Waals surface area contributed by atoms with Crippen LogP contribution in [-0.4, -0.2) is 30.0 Å². The van der Waals surface area contributed by atoms with E-state index >= 15 is 0 Å². The highest BCUT2D eigenvalue weighted by Gasteiger charge is 2.13. The quantitative estimate of drug-likeness (QED) is 0.252. The van der Waals surface area contributed by atoms with Gasteiger partial charge in [0.2, 0.25) is 6.34 Å². The number of benzene rings is 3. The van der Waals surface area contributed by atoms with Gasteiger partial charge in [-0.25, -0.2) is 5.32 Å². The summed E-state index contributed by atoms with van der Waals surface area (Å²) in [6.45, 7) is 0. The number of fused-ring (bicyclic) bond motifs is 2. The number of hydrogen-bond acceptors (Lipinski definition) is 2. The maximum Gasteiger partial charge on any atom is 0.276 e. The number of nitrogens with zero attached hydrogens (tertiary/aromatic N) is 2. The lowest BCUT2D eigenvalue weighted by atomic mass is 9.95. The first-order chi connectivity index (χ1) is 11.7. The molecule has 1 N–H and O–H groups in total. The first kappa shape index (κ1) is 14.8. The average molecular weight is 332 g/mol. The highest BCUT2D eigenvalue weighted by atomic mass is 32.1. The molecular weight excluding hydrogens is 314 g/mol. The zero-order valence-corrected chi connectivity index (χ0v) is 14.5. The first-order valence-corrected chi connectivity index (χ1v) is 8.73. The van der Waals surface area contributed by atoms with Crippen molar-refractivity contribution in [3.8, 4) is 11.3 Å². The fourth-order valence-electron chi connectivity index (χ4n) is 2.93. The summed E-state index contributed by atoms with van der Waals surface area (Å²) in [5, 5.41) is 11.2. The second-order valence-electron chi connectivity index (χ2n) is 5.97. The van der Waals surface area contributed by atoms with Crippen molar-refractivity contribution in [1.82, 2.24) is 4.98 Å². The van der Waals surface area contributed by atoms with Gasteiger partial charge in [-0.1, -0.05) is 59.9 Å². The zero-order valence-electron chi connectivity index (χ0n) is 13.7. The largest absolute Gasteiger partial charge is 0.276 e. The summed E-state index contributed by atoms with van der Waals surface area (Å²) in [6.07, 6.45) is 1.91. The molecule has 0 unspecified atom stereocenters. The fraction of sp³-hybridized carbons (Fsp3) is 0.100. The molecular formula is C20H18N3S+. The van der Waals surface area contributed by atoms with Crippen molar-refractivity contribution in [2.24, 2.45) is 0 Å². The molecule has 1 heterocycles. The highest BCUT2D eigenvalue weighted by molar-refractivity contribution is 7.14. The van der Waals surface area contributed by atoms with Gasteiger partial charge in [-0.3, -0.25) is 4.58 Å². The Morgan fingerprint density at radius 1 is 0.958 bits per heavy atom. The van der Waals surface area contributed by atoms with Crippen molar-refractivity contribution in [1.29, 1.82) is 0 Å². The third-order valence-electron chi connectivity index (χ3n) is 3.98. The zero-order chi connectivity index (χ0) is 16.5. The Kier molecular flexibility index (Phi) is 3.75. The molecule has 4 aromatic rings. The van der Waals surface area contributed by atoms with Gasteiger partial charge in [-0.05, 0) is 27.6 Å². The smallest absolute Gasteiger partial charge is 0.273 e. The third-order valence-corrected chi connectivity index (χ3v) is 4.75. The van der Waals surface area contributed by atoms with Crippen molar-refractivity contribution >= 4 is 44.4 Å². The summed E-state index contributed by atoms with van der Waals surface area (Å²) < 4.78 is 1.97. The van der Waals surface area contributed by atoms with Gasteiger partial charge in [-0.2, -0.15) is 4.98 Å². The first-order valence-electron chi connectivity index (χ1n) is 7.85. The van der Waals surface area contributed by atoms with Gasteiger partial charge in [-0.15, -0.1) is 0 Å². The predicted octanol–water partition coefficient (Wildman–Crippen LogP) is 4.83. The number of anilines is 1. The molecule has 0 aliphatic rings. The van der Waals surface area contributed by atoms with Crippen LogP contribution in [0.1, 0.15) is 0 Å². The molecule has 0 aliphatic carbocycles. The van der Waals surface area contributed by atoms with Crippen molar-refractivity contribution in [2.45, 2.75) is 0 Å². The molecule has 0 radical (unpaired) electrons. The summed E-state index contributed by atoms with van der Waals surface area (Å²) in [5.74, 6) is 0. The second kappa shape index (κ2) is 6.06. The lowest BCUT2D eigenvalue weighted by Gasteiger charge is -2.09. The Labute approximate surface area is 144 Å². The van der Waals surface area contributed by atoms with Crippen LogP contribution in [0, 0.1) is 0 Å². The van der Waals surface area contributed by atoms with E-state index in [2.05, 4.69) is 65.3 Å². The van der Waals surface area contributed by atoms with Crippen LogP contribution in [0.5, 0.6) is 0 Å². The van der Waals surface area contributed by atoms with Crippen LogP contribution in [0.2, 0.25) is 0 Å². The van der Waals surface area contributed by atoms with Gasteiger partial charge in [0.25, 0.3) is 5.13 Å². The predicted molar refractivity (Wildman–Crippen MR) is 104 cm³/mol. The fourth-order valence-corrected chi connectivity index (χ4v) is 3.59. The molecule has 1 aromatic heterocycles. The SMILES string of the molecule is C[N+](C)=CNc1nc(-c2c3ccccc3cc3ccccc23)cs1. The van der Waals surface area contributed by atoms with Crippen molar-refractivity contribution < 1.29 is 4.58 Å². The number of aromatic nitrogens is 1. The number of thiazole rings is 1. The van der Waals surface area contributed by atoms with Crippen LogP contribution in [-0.2, 0) is 0 Å². The molecule has 0 saturated carbocycles. The Bertz CT molecular complexity index is 1000. The van der Waals surface area contributed by atoms with Crippen molar-refractivity contribution in [2.75, 3.05) is 19.4 Å². The second-order valence-corrected chi connectivity index (χ2v) is 6.83. The molecule has 0 amide bonds. The Balaban J connectivity index is 1.95. The van der Waals surface area contributed by atoms with Crippen LogP contribution in [0.15, 0.2) is 60.0 Å². The highest BCUT2D eigenvalue weighted by Crippen LogP contribution is 2.37. The van der Waals surface area contributed by atoms with E-state index in [-0.39, 0.29) is 0 Å².